The van der Waals surface area contributed by atoms with Crippen LogP contribution in [0.1, 0.15) is 59.8 Å². The molecule has 4 heteroatoms. The monoisotopic (exact) mass is 270 g/mol. The topological polar surface area (TPSA) is 50.4 Å². The van der Waals surface area contributed by atoms with Gasteiger partial charge in [-0.05, 0) is 59.4 Å². The Morgan fingerprint density at radius 3 is 2.47 bits per heavy atom. The van der Waals surface area contributed by atoms with E-state index < -0.39 is 5.60 Å². The fourth-order valence-electron chi connectivity index (χ4n) is 2.55. The summed E-state index contributed by atoms with van der Waals surface area (Å²) in [4.78, 5) is 11.4. The molecule has 1 aliphatic rings. The van der Waals surface area contributed by atoms with E-state index in [-0.39, 0.29) is 6.09 Å². The molecule has 1 saturated carbocycles. The number of hydrogen-bond acceptors (Lipinski definition) is 3. The molecule has 1 unspecified atom stereocenters. The van der Waals surface area contributed by atoms with Gasteiger partial charge in [0, 0.05) is 12.6 Å². The van der Waals surface area contributed by atoms with Gasteiger partial charge in [0.05, 0.1) is 0 Å². The van der Waals surface area contributed by atoms with Crippen molar-refractivity contribution >= 4 is 6.09 Å². The number of rotatable bonds is 6. The molecule has 1 atom stereocenters. The summed E-state index contributed by atoms with van der Waals surface area (Å²) in [7, 11) is 0. The quantitative estimate of drug-likeness (QED) is 0.729. The van der Waals surface area contributed by atoms with Crippen LogP contribution in [0.3, 0.4) is 0 Å². The molecule has 19 heavy (non-hydrogen) atoms. The number of amides is 1. The molecule has 1 rings (SSSR count). The molecule has 1 fully saturated rings. The maximum atomic E-state index is 11.4. The zero-order chi connectivity index (χ0) is 14.3. The summed E-state index contributed by atoms with van der Waals surface area (Å²) >= 11 is 0. The number of hydrogen-bond donors (Lipinski definition) is 2. The smallest absolute Gasteiger partial charge is 0.407 e. The maximum Gasteiger partial charge on any atom is 0.407 e. The molecule has 0 aromatic heterocycles. The summed E-state index contributed by atoms with van der Waals surface area (Å²) in [5.74, 6) is 0.846. The fraction of sp³-hybridized carbons (Fsp3) is 0.933. The van der Waals surface area contributed by atoms with E-state index in [0.717, 1.165) is 18.9 Å². The van der Waals surface area contributed by atoms with Crippen LogP contribution in [0.4, 0.5) is 4.79 Å². The van der Waals surface area contributed by atoms with E-state index in [9.17, 15) is 4.79 Å². The molecule has 0 heterocycles. The third-order valence-electron chi connectivity index (χ3n) is 3.60. The standard InChI is InChI=1S/C15H30N2O2/c1-12(13-8-5-6-9-13)16-10-7-11-17-14(18)19-15(2,3)4/h12-13,16H,5-11H2,1-4H3,(H,17,18). The molecular weight excluding hydrogens is 240 g/mol. The van der Waals surface area contributed by atoms with Gasteiger partial charge in [-0.1, -0.05) is 12.8 Å². The molecule has 1 aliphatic carbocycles. The van der Waals surface area contributed by atoms with Gasteiger partial charge >= 0.3 is 6.09 Å². The Balaban J connectivity index is 2.00. The largest absolute Gasteiger partial charge is 0.444 e. The number of carbonyl (C=O) groups is 1. The minimum atomic E-state index is -0.417. The first kappa shape index (κ1) is 16.3. The van der Waals surface area contributed by atoms with Crippen molar-refractivity contribution in [2.24, 2.45) is 5.92 Å². The van der Waals surface area contributed by atoms with Crippen molar-refractivity contribution in [3.05, 3.63) is 0 Å². The fourth-order valence-corrected chi connectivity index (χ4v) is 2.55. The molecule has 112 valence electrons. The SMILES string of the molecule is CC(NCCCNC(=O)OC(C)(C)C)C1CCCC1. The van der Waals surface area contributed by atoms with Gasteiger partial charge in [0.2, 0.25) is 0 Å². The highest BCUT2D eigenvalue weighted by atomic mass is 16.6. The maximum absolute atomic E-state index is 11.4. The predicted octanol–water partition coefficient (Wildman–Crippen LogP) is 3.07. The minimum absolute atomic E-state index is 0.323. The molecule has 0 aliphatic heterocycles. The van der Waals surface area contributed by atoms with Crippen molar-refractivity contribution in [2.75, 3.05) is 13.1 Å². The normalized spacial score (nSPS) is 18.3. The van der Waals surface area contributed by atoms with Crippen LogP contribution in [0.25, 0.3) is 0 Å². The number of ether oxygens (including phenoxy) is 1. The highest BCUT2D eigenvalue weighted by molar-refractivity contribution is 5.67. The molecule has 0 radical (unpaired) electrons. The highest BCUT2D eigenvalue weighted by Crippen LogP contribution is 2.27. The molecule has 1 amide bonds. The average Bonchev–Trinajstić information content (AvgIpc) is 2.79. The highest BCUT2D eigenvalue weighted by Gasteiger charge is 2.20. The summed E-state index contributed by atoms with van der Waals surface area (Å²) < 4.78 is 5.18. The summed E-state index contributed by atoms with van der Waals surface area (Å²) in [5.41, 5.74) is -0.417. The molecule has 2 N–H and O–H groups in total. The number of nitrogens with one attached hydrogen (secondary N) is 2. The van der Waals surface area contributed by atoms with Crippen molar-refractivity contribution < 1.29 is 9.53 Å². The summed E-state index contributed by atoms with van der Waals surface area (Å²) in [6.07, 6.45) is 6.12. The van der Waals surface area contributed by atoms with Crippen molar-refractivity contribution in [1.29, 1.82) is 0 Å². The Labute approximate surface area is 117 Å². The second-order valence-corrected chi connectivity index (χ2v) is 6.57. The lowest BCUT2D eigenvalue weighted by atomic mass is 10.00. The zero-order valence-corrected chi connectivity index (χ0v) is 12.9. The number of alkyl carbamates (subject to hydrolysis) is 1. The van der Waals surface area contributed by atoms with Crippen LogP contribution in [0, 0.1) is 5.92 Å². The van der Waals surface area contributed by atoms with Crippen LogP contribution in [0.5, 0.6) is 0 Å². The van der Waals surface area contributed by atoms with Gasteiger partial charge in [-0.2, -0.15) is 0 Å². The molecule has 0 bridgehead atoms. The van der Waals surface area contributed by atoms with E-state index in [1.54, 1.807) is 0 Å². The molecule has 4 nitrogen and oxygen atoms in total. The van der Waals surface area contributed by atoms with Gasteiger partial charge in [0.15, 0.2) is 0 Å². The van der Waals surface area contributed by atoms with E-state index in [4.69, 9.17) is 4.74 Å². The molecule has 0 aromatic rings. The zero-order valence-electron chi connectivity index (χ0n) is 12.9. The van der Waals surface area contributed by atoms with Gasteiger partial charge in [-0.3, -0.25) is 0 Å². The lowest BCUT2D eigenvalue weighted by Crippen LogP contribution is -2.36. The van der Waals surface area contributed by atoms with Crippen LogP contribution in [0.2, 0.25) is 0 Å². The molecule has 0 spiro atoms. The Bertz CT molecular complexity index is 268. The van der Waals surface area contributed by atoms with Gasteiger partial charge in [0.25, 0.3) is 0 Å². The molecular formula is C15H30N2O2. The van der Waals surface area contributed by atoms with Crippen molar-refractivity contribution in [3.8, 4) is 0 Å². The van der Waals surface area contributed by atoms with E-state index in [1.807, 2.05) is 20.8 Å². The Morgan fingerprint density at radius 2 is 1.89 bits per heavy atom. The average molecular weight is 270 g/mol. The Kier molecular flexibility index (Phi) is 6.63. The second kappa shape index (κ2) is 7.73. The van der Waals surface area contributed by atoms with E-state index in [1.165, 1.54) is 25.7 Å². The van der Waals surface area contributed by atoms with Gasteiger partial charge in [-0.15, -0.1) is 0 Å². The van der Waals surface area contributed by atoms with Crippen LogP contribution in [-0.4, -0.2) is 30.8 Å². The van der Waals surface area contributed by atoms with E-state index in [0.29, 0.717) is 12.6 Å². The number of carbonyl (C=O) groups excluding carboxylic acids is 1. The first-order valence-corrected chi connectivity index (χ1v) is 7.59. The van der Waals surface area contributed by atoms with Gasteiger partial charge in [0.1, 0.15) is 5.60 Å². The van der Waals surface area contributed by atoms with Crippen LogP contribution < -0.4 is 10.6 Å². The van der Waals surface area contributed by atoms with Crippen molar-refractivity contribution in [3.63, 3.8) is 0 Å². The summed E-state index contributed by atoms with van der Waals surface area (Å²) in [5, 5.41) is 6.34. The van der Waals surface area contributed by atoms with Crippen molar-refractivity contribution in [2.45, 2.75) is 71.4 Å². The molecule has 0 saturated heterocycles. The van der Waals surface area contributed by atoms with Gasteiger partial charge in [-0.25, -0.2) is 4.79 Å². The van der Waals surface area contributed by atoms with E-state index >= 15 is 0 Å². The van der Waals surface area contributed by atoms with Crippen molar-refractivity contribution in [1.82, 2.24) is 10.6 Å². The van der Waals surface area contributed by atoms with Crippen LogP contribution in [-0.2, 0) is 4.74 Å². The lowest BCUT2D eigenvalue weighted by molar-refractivity contribution is 0.0527. The molecule has 0 aromatic carbocycles. The first-order valence-electron chi connectivity index (χ1n) is 7.59. The predicted molar refractivity (Wildman–Crippen MR) is 78.3 cm³/mol. The third-order valence-corrected chi connectivity index (χ3v) is 3.60. The van der Waals surface area contributed by atoms with Gasteiger partial charge < -0.3 is 15.4 Å². The lowest BCUT2D eigenvalue weighted by Gasteiger charge is -2.21. The Morgan fingerprint density at radius 1 is 1.26 bits per heavy atom. The second-order valence-electron chi connectivity index (χ2n) is 6.57. The minimum Gasteiger partial charge on any atom is -0.444 e. The van der Waals surface area contributed by atoms with Crippen LogP contribution in [0.15, 0.2) is 0 Å². The summed E-state index contributed by atoms with van der Waals surface area (Å²) in [6.45, 7) is 9.51. The summed E-state index contributed by atoms with van der Waals surface area (Å²) in [6, 6.07) is 0.601. The first-order chi connectivity index (χ1) is 8.88. The Hall–Kier alpha value is -0.770. The van der Waals surface area contributed by atoms with Crippen LogP contribution >= 0.6 is 0 Å². The van der Waals surface area contributed by atoms with E-state index in [2.05, 4.69) is 17.6 Å². The third kappa shape index (κ3) is 7.41.